The molecule has 1 atom stereocenters. The fourth-order valence-corrected chi connectivity index (χ4v) is 2.48. The average molecular weight is 275 g/mol. The zero-order valence-corrected chi connectivity index (χ0v) is 11.6. The van der Waals surface area contributed by atoms with Crippen molar-refractivity contribution in [2.75, 3.05) is 13.6 Å². The molecular formula is C17H19F2N. The van der Waals surface area contributed by atoms with E-state index >= 15 is 0 Å². The Labute approximate surface area is 118 Å². The molecule has 0 aliphatic rings. The van der Waals surface area contributed by atoms with Crippen molar-refractivity contribution in [2.45, 2.75) is 12.8 Å². The van der Waals surface area contributed by atoms with E-state index in [1.54, 1.807) is 18.2 Å². The van der Waals surface area contributed by atoms with Crippen molar-refractivity contribution in [2.24, 2.45) is 5.92 Å². The lowest BCUT2D eigenvalue weighted by Gasteiger charge is -2.17. The quantitative estimate of drug-likeness (QED) is 0.849. The van der Waals surface area contributed by atoms with Crippen LogP contribution in [0.5, 0.6) is 0 Å². The van der Waals surface area contributed by atoms with E-state index in [1.165, 1.54) is 12.1 Å². The topological polar surface area (TPSA) is 12.0 Å². The first kappa shape index (κ1) is 14.7. The van der Waals surface area contributed by atoms with Crippen molar-refractivity contribution in [3.05, 3.63) is 71.3 Å². The zero-order valence-electron chi connectivity index (χ0n) is 11.6. The maximum atomic E-state index is 13.7. The first-order valence-corrected chi connectivity index (χ1v) is 6.81. The van der Waals surface area contributed by atoms with Gasteiger partial charge in [0.2, 0.25) is 0 Å². The van der Waals surface area contributed by atoms with E-state index < -0.39 is 0 Å². The number of nitrogens with one attached hydrogen (secondary N) is 1. The summed E-state index contributed by atoms with van der Waals surface area (Å²) in [7, 11) is 1.87. The number of benzene rings is 2. The molecule has 0 aliphatic heterocycles. The molecule has 0 heterocycles. The lowest BCUT2D eigenvalue weighted by Crippen LogP contribution is -2.23. The van der Waals surface area contributed by atoms with Crippen LogP contribution in [0.1, 0.15) is 11.1 Å². The second-order valence-corrected chi connectivity index (χ2v) is 5.05. The van der Waals surface area contributed by atoms with Crippen molar-refractivity contribution in [3.8, 4) is 0 Å². The maximum absolute atomic E-state index is 13.7. The van der Waals surface area contributed by atoms with Crippen LogP contribution in [0.25, 0.3) is 0 Å². The van der Waals surface area contributed by atoms with Gasteiger partial charge in [0.25, 0.3) is 0 Å². The molecule has 0 radical (unpaired) electrons. The smallest absolute Gasteiger partial charge is 0.126 e. The summed E-state index contributed by atoms with van der Waals surface area (Å²) in [5.74, 6) is -0.164. The Hall–Kier alpha value is -1.74. The second-order valence-electron chi connectivity index (χ2n) is 5.05. The molecule has 1 nitrogen and oxygen atoms in total. The molecule has 3 heteroatoms. The predicted molar refractivity (Wildman–Crippen MR) is 77.6 cm³/mol. The van der Waals surface area contributed by atoms with Crippen LogP contribution < -0.4 is 5.32 Å². The van der Waals surface area contributed by atoms with Gasteiger partial charge in [-0.05, 0) is 61.7 Å². The third-order valence-corrected chi connectivity index (χ3v) is 3.37. The summed E-state index contributed by atoms with van der Waals surface area (Å²) >= 11 is 0. The molecule has 0 fully saturated rings. The van der Waals surface area contributed by atoms with Crippen LogP contribution in [-0.2, 0) is 12.8 Å². The molecule has 0 saturated heterocycles. The van der Waals surface area contributed by atoms with E-state index in [4.69, 9.17) is 0 Å². The Morgan fingerprint density at radius 2 is 1.80 bits per heavy atom. The van der Waals surface area contributed by atoms with Crippen molar-refractivity contribution in [1.29, 1.82) is 0 Å². The maximum Gasteiger partial charge on any atom is 0.126 e. The van der Waals surface area contributed by atoms with Crippen molar-refractivity contribution < 1.29 is 8.78 Å². The van der Waals surface area contributed by atoms with E-state index in [1.807, 2.05) is 25.2 Å². The number of hydrogen-bond acceptors (Lipinski definition) is 1. The SMILES string of the molecule is CNCC(Cc1cccc(F)c1)Cc1ccccc1F. The monoisotopic (exact) mass is 275 g/mol. The minimum atomic E-state index is -0.225. The summed E-state index contributed by atoms with van der Waals surface area (Å²) in [6, 6.07) is 13.4. The van der Waals surface area contributed by atoms with Crippen LogP contribution in [0.3, 0.4) is 0 Å². The largest absolute Gasteiger partial charge is 0.319 e. The standard InChI is InChI=1S/C17H19F2N/c1-20-12-14(9-13-5-4-7-16(18)11-13)10-15-6-2-3-8-17(15)19/h2-8,11,14,20H,9-10,12H2,1H3. The summed E-state index contributed by atoms with van der Waals surface area (Å²) in [6.45, 7) is 0.769. The molecule has 0 aliphatic carbocycles. The molecule has 0 aromatic heterocycles. The molecule has 2 rings (SSSR count). The van der Waals surface area contributed by atoms with Gasteiger partial charge in [-0.1, -0.05) is 30.3 Å². The molecule has 0 bridgehead atoms. The van der Waals surface area contributed by atoms with Gasteiger partial charge in [-0.3, -0.25) is 0 Å². The van der Waals surface area contributed by atoms with Crippen molar-refractivity contribution in [3.63, 3.8) is 0 Å². The third kappa shape index (κ3) is 4.14. The van der Waals surface area contributed by atoms with Gasteiger partial charge in [-0.2, -0.15) is 0 Å². The van der Waals surface area contributed by atoms with Crippen LogP contribution in [0.2, 0.25) is 0 Å². The van der Waals surface area contributed by atoms with Crippen LogP contribution in [-0.4, -0.2) is 13.6 Å². The minimum absolute atomic E-state index is 0.173. The molecule has 20 heavy (non-hydrogen) atoms. The van der Waals surface area contributed by atoms with Crippen LogP contribution in [0.15, 0.2) is 48.5 Å². The van der Waals surface area contributed by atoms with Crippen LogP contribution >= 0.6 is 0 Å². The van der Waals surface area contributed by atoms with Gasteiger partial charge >= 0.3 is 0 Å². The molecule has 2 aromatic carbocycles. The van der Waals surface area contributed by atoms with Crippen LogP contribution in [0.4, 0.5) is 8.78 Å². The molecule has 0 spiro atoms. The molecular weight excluding hydrogens is 256 g/mol. The molecule has 1 N–H and O–H groups in total. The molecule has 0 amide bonds. The summed E-state index contributed by atoms with van der Waals surface area (Å²) in [5.41, 5.74) is 1.66. The minimum Gasteiger partial charge on any atom is -0.319 e. The van der Waals surface area contributed by atoms with Gasteiger partial charge in [0.1, 0.15) is 11.6 Å². The lowest BCUT2D eigenvalue weighted by atomic mass is 9.92. The number of rotatable bonds is 6. The van der Waals surface area contributed by atoms with Crippen LogP contribution in [0, 0.1) is 17.6 Å². The van der Waals surface area contributed by atoms with E-state index in [-0.39, 0.29) is 17.6 Å². The highest BCUT2D eigenvalue weighted by Gasteiger charge is 2.13. The summed E-state index contributed by atoms with van der Waals surface area (Å²) in [4.78, 5) is 0. The van der Waals surface area contributed by atoms with Crippen molar-refractivity contribution >= 4 is 0 Å². The fourth-order valence-electron chi connectivity index (χ4n) is 2.48. The Balaban J connectivity index is 2.09. The first-order valence-electron chi connectivity index (χ1n) is 6.81. The zero-order chi connectivity index (χ0) is 14.4. The predicted octanol–water partition coefficient (Wildman–Crippen LogP) is 3.59. The normalized spacial score (nSPS) is 12.3. The van der Waals surface area contributed by atoms with Gasteiger partial charge in [0.05, 0.1) is 0 Å². The Morgan fingerprint density at radius 3 is 2.50 bits per heavy atom. The van der Waals surface area contributed by atoms with Gasteiger partial charge < -0.3 is 5.32 Å². The van der Waals surface area contributed by atoms with E-state index in [0.29, 0.717) is 12.0 Å². The number of halogens is 2. The molecule has 0 saturated carbocycles. The molecule has 2 aromatic rings. The second kappa shape index (κ2) is 7.15. The van der Waals surface area contributed by atoms with Gasteiger partial charge in [-0.15, -0.1) is 0 Å². The summed E-state index contributed by atoms with van der Waals surface area (Å²) in [6.07, 6.45) is 1.37. The average Bonchev–Trinajstić information content (AvgIpc) is 2.42. The lowest BCUT2D eigenvalue weighted by molar-refractivity contribution is 0.478. The fraction of sp³-hybridized carbons (Fsp3) is 0.294. The third-order valence-electron chi connectivity index (χ3n) is 3.37. The Bertz CT molecular complexity index is 554. The van der Waals surface area contributed by atoms with E-state index in [2.05, 4.69) is 5.32 Å². The van der Waals surface area contributed by atoms with E-state index in [9.17, 15) is 8.78 Å². The molecule has 1 unspecified atom stereocenters. The van der Waals surface area contributed by atoms with Gasteiger partial charge in [0, 0.05) is 0 Å². The first-order chi connectivity index (χ1) is 9.69. The highest BCUT2D eigenvalue weighted by atomic mass is 19.1. The van der Waals surface area contributed by atoms with Gasteiger partial charge in [0.15, 0.2) is 0 Å². The molecule has 106 valence electrons. The van der Waals surface area contributed by atoms with Crippen molar-refractivity contribution in [1.82, 2.24) is 5.32 Å². The highest BCUT2D eigenvalue weighted by molar-refractivity contribution is 5.20. The van der Waals surface area contributed by atoms with E-state index in [0.717, 1.165) is 18.5 Å². The Morgan fingerprint density at radius 1 is 1.00 bits per heavy atom. The summed E-state index contributed by atoms with van der Waals surface area (Å²) in [5, 5.41) is 3.13. The van der Waals surface area contributed by atoms with Gasteiger partial charge in [-0.25, -0.2) is 8.78 Å². The Kier molecular flexibility index (Phi) is 5.24. The number of hydrogen-bond donors (Lipinski definition) is 1. The summed E-state index contributed by atoms with van der Waals surface area (Å²) < 4.78 is 26.9. The highest BCUT2D eigenvalue weighted by Crippen LogP contribution is 2.17.